The number of halogens is 3. The lowest BCUT2D eigenvalue weighted by Crippen LogP contribution is -2.49. The fourth-order valence-electron chi connectivity index (χ4n) is 3.78. The van der Waals surface area contributed by atoms with Crippen LogP contribution in [0, 0.1) is 5.92 Å². The first-order valence-electron chi connectivity index (χ1n) is 11.2. The number of benzene rings is 2. The molecular formula is C24H29F3N4O4. The van der Waals surface area contributed by atoms with Gasteiger partial charge < -0.3 is 30.7 Å². The molecule has 0 unspecified atom stereocenters. The van der Waals surface area contributed by atoms with E-state index >= 15 is 0 Å². The van der Waals surface area contributed by atoms with E-state index in [2.05, 4.69) is 16.0 Å². The Morgan fingerprint density at radius 3 is 2.40 bits per heavy atom. The molecule has 0 fully saturated rings. The molecule has 8 nitrogen and oxygen atoms in total. The lowest BCUT2D eigenvalue weighted by Gasteiger charge is -2.37. The molecule has 0 bridgehead atoms. The zero-order valence-corrected chi connectivity index (χ0v) is 19.6. The molecule has 0 radical (unpaired) electrons. The highest BCUT2D eigenvalue weighted by atomic mass is 19.4. The van der Waals surface area contributed by atoms with E-state index in [0.29, 0.717) is 24.5 Å². The molecule has 1 aliphatic rings. The molecule has 11 heteroatoms. The van der Waals surface area contributed by atoms with Crippen LogP contribution >= 0.6 is 0 Å². The maximum atomic E-state index is 13.3. The van der Waals surface area contributed by atoms with Crippen molar-refractivity contribution in [1.29, 1.82) is 0 Å². The molecule has 3 atom stereocenters. The molecule has 0 spiro atoms. The molecule has 4 N–H and O–H groups in total. The van der Waals surface area contributed by atoms with Gasteiger partial charge in [0.15, 0.2) is 0 Å². The highest BCUT2D eigenvalue weighted by Crippen LogP contribution is 2.31. The molecule has 0 saturated carbocycles. The van der Waals surface area contributed by atoms with Gasteiger partial charge in [-0.1, -0.05) is 6.92 Å². The van der Waals surface area contributed by atoms with Gasteiger partial charge in [0.25, 0.3) is 5.91 Å². The number of nitrogens with zero attached hydrogens (tertiary/aromatic N) is 1. The van der Waals surface area contributed by atoms with Crippen LogP contribution in [0.1, 0.15) is 29.8 Å². The summed E-state index contributed by atoms with van der Waals surface area (Å²) in [7, 11) is 1.80. The zero-order chi connectivity index (χ0) is 25.8. The lowest BCUT2D eigenvalue weighted by atomic mass is 9.99. The van der Waals surface area contributed by atoms with Crippen LogP contribution in [-0.2, 0) is 6.18 Å². The molecule has 3 amide bonds. The standard InChI is InChI=1S/C24H29F3N4O4/c1-14-12-31(15(2)13-32)22(33)19-10-18(8-9-20(19)35-21(14)11-28-3)30-23(34)29-17-6-4-16(5-7-17)24(25,26)27/h4-10,14-15,21,28,32H,11-13H2,1-3H3,(H2,29,30,34)/t14-,15+,21-/m0/s1. The second kappa shape index (κ2) is 11.0. The Bertz CT molecular complexity index is 1050. The zero-order valence-electron chi connectivity index (χ0n) is 19.6. The molecule has 190 valence electrons. The fraction of sp³-hybridized carbons (Fsp3) is 0.417. The summed E-state index contributed by atoms with van der Waals surface area (Å²) in [6.45, 7) is 4.43. The molecule has 35 heavy (non-hydrogen) atoms. The minimum absolute atomic E-state index is 0.0131. The Morgan fingerprint density at radius 2 is 1.80 bits per heavy atom. The first kappa shape index (κ1) is 26.3. The number of anilines is 2. The summed E-state index contributed by atoms with van der Waals surface area (Å²) in [6.07, 6.45) is -4.70. The third-order valence-electron chi connectivity index (χ3n) is 5.80. The van der Waals surface area contributed by atoms with Gasteiger partial charge >= 0.3 is 12.2 Å². The SMILES string of the molecule is CNC[C@@H]1Oc2ccc(NC(=O)Nc3ccc(C(F)(F)F)cc3)cc2C(=O)N([C@H](C)CO)C[C@@H]1C. The number of aliphatic hydroxyl groups excluding tert-OH is 1. The number of urea groups is 1. The number of amides is 3. The van der Waals surface area contributed by atoms with Crippen LogP contribution in [0.25, 0.3) is 0 Å². The maximum absolute atomic E-state index is 13.3. The molecule has 2 aromatic rings. The molecule has 3 rings (SSSR count). The third-order valence-corrected chi connectivity index (χ3v) is 5.80. The Balaban J connectivity index is 1.82. The van der Waals surface area contributed by atoms with Gasteiger partial charge in [0, 0.05) is 30.4 Å². The quantitative estimate of drug-likeness (QED) is 0.490. The molecule has 1 heterocycles. The van der Waals surface area contributed by atoms with Crippen molar-refractivity contribution in [1.82, 2.24) is 10.2 Å². The number of likely N-dealkylation sites (N-methyl/N-ethyl adjacent to an activating group) is 1. The van der Waals surface area contributed by atoms with Crippen LogP contribution in [0.4, 0.5) is 29.3 Å². The van der Waals surface area contributed by atoms with Gasteiger partial charge in [-0.3, -0.25) is 4.79 Å². The number of carbonyl (C=O) groups excluding carboxylic acids is 2. The van der Waals surface area contributed by atoms with E-state index in [0.717, 1.165) is 24.3 Å². The first-order valence-corrected chi connectivity index (χ1v) is 11.2. The monoisotopic (exact) mass is 494 g/mol. The second-order valence-corrected chi connectivity index (χ2v) is 8.55. The predicted molar refractivity (Wildman–Crippen MR) is 126 cm³/mol. The molecular weight excluding hydrogens is 465 g/mol. The number of hydrogen-bond acceptors (Lipinski definition) is 5. The van der Waals surface area contributed by atoms with Gasteiger partial charge in [-0.2, -0.15) is 13.2 Å². The van der Waals surface area contributed by atoms with Crippen LogP contribution in [0.3, 0.4) is 0 Å². The molecule has 0 aromatic heterocycles. The summed E-state index contributed by atoms with van der Waals surface area (Å²) < 4.78 is 44.3. The summed E-state index contributed by atoms with van der Waals surface area (Å²) in [4.78, 5) is 27.3. The van der Waals surface area contributed by atoms with Gasteiger partial charge in [-0.15, -0.1) is 0 Å². The topological polar surface area (TPSA) is 103 Å². The number of nitrogens with one attached hydrogen (secondary N) is 3. The summed E-state index contributed by atoms with van der Waals surface area (Å²) in [5.74, 6) is -0.00499. The van der Waals surface area contributed by atoms with Crippen molar-refractivity contribution < 1.29 is 32.6 Å². The average molecular weight is 495 g/mol. The van der Waals surface area contributed by atoms with Crippen LogP contribution in [0.2, 0.25) is 0 Å². The van der Waals surface area contributed by atoms with E-state index in [4.69, 9.17) is 4.74 Å². The van der Waals surface area contributed by atoms with E-state index in [1.807, 2.05) is 6.92 Å². The second-order valence-electron chi connectivity index (χ2n) is 8.55. The first-order chi connectivity index (χ1) is 16.5. The van der Waals surface area contributed by atoms with Crippen molar-refractivity contribution in [2.45, 2.75) is 32.2 Å². The summed E-state index contributed by atoms with van der Waals surface area (Å²) >= 11 is 0. The largest absolute Gasteiger partial charge is 0.488 e. The maximum Gasteiger partial charge on any atom is 0.416 e. The Kier molecular flexibility index (Phi) is 8.23. The van der Waals surface area contributed by atoms with Crippen molar-refractivity contribution in [2.75, 3.05) is 37.4 Å². The van der Waals surface area contributed by atoms with Crippen LogP contribution in [-0.4, -0.2) is 60.8 Å². The number of aliphatic hydroxyl groups is 1. The molecule has 0 saturated heterocycles. The Labute approximate surface area is 201 Å². The van der Waals surface area contributed by atoms with Crippen molar-refractivity contribution in [3.05, 3.63) is 53.6 Å². The van der Waals surface area contributed by atoms with E-state index in [-0.39, 0.29) is 35.8 Å². The van der Waals surface area contributed by atoms with E-state index in [9.17, 15) is 27.9 Å². The number of ether oxygens (including phenoxy) is 1. The van der Waals surface area contributed by atoms with E-state index < -0.39 is 23.8 Å². The minimum Gasteiger partial charge on any atom is -0.488 e. The van der Waals surface area contributed by atoms with Gasteiger partial charge in [-0.25, -0.2) is 4.79 Å². The fourth-order valence-corrected chi connectivity index (χ4v) is 3.78. The number of rotatable bonds is 6. The van der Waals surface area contributed by atoms with Crippen molar-refractivity contribution in [2.24, 2.45) is 5.92 Å². The Morgan fingerprint density at radius 1 is 1.17 bits per heavy atom. The van der Waals surface area contributed by atoms with Crippen LogP contribution in [0.5, 0.6) is 5.75 Å². The van der Waals surface area contributed by atoms with E-state index in [1.165, 1.54) is 6.07 Å². The summed E-state index contributed by atoms with van der Waals surface area (Å²) in [6, 6.07) is 7.57. The smallest absolute Gasteiger partial charge is 0.416 e. The lowest BCUT2D eigenvalue weighted by molar-refractivity contribution is -0.137. The third kappa shape index (κ3) is 6.43. The van der Waals surface area contributed by atoms with Gasteiger partial charge in [-0.05, 0) is 56.4 Å². The summed E-state index contributed by atoms with van der Waals surface area (Å²) in [5.41, 5.74) is -0.129. The molecule has 1 aliphatic heterocycles. The number of fused-ring (bicyclic) bond motifs is 1. The number of alkyl halides is 3. The van der Waals surface area contributed by atoms with Crippen molar-refractivity contribution >= 4 is 23.3 Å². The van der Waals surface area contributed by atoms with Crippen LogP contribution in [0.15, 0.2) is 42.5 Å². The van der Waals surface area contributed by atoms with Crippen LogP contribution < -0.4 is 20.7 Å². The molecule has 0 aliphatic carbocycles. The molecule has 2 aromatic carbocycles. The highest BCUT2D eigenvalue weighted by molar-refractivity contribution is 6.02. The Hall–Kier alpha value is -3.31. The average Bonchev–Trinajstić information content (AvgIpc) is 2.81. The van der Waals surface area contributed by atoms with Gasteiger partial charge in [0.2, 0.25) is 0 Å². The minimum atomic E-state index is -4.47. The normalized spacial score (nSPS) is 19.2. The van der Waals surface area contributed by atoms with Crippen molar-refractivity contribution in [3.63, 3.8) is 0 Å². The van der Waals surface area contributed by atoms with Gasteiger partial charge in [0.05, 0.1) is 23.8 Å². The number of carbonyl (C=O) groups is 2. The predicted octanol–water partition coefficient (Wildman–Crippen LogP) is 3.79. The number of hydrogen-bond donors (Lipinski definition) is 4. The highest BCUT2D eigenvalue weighted by Gasteiger charge is 2.33. The van der Waals surface area contributed by atoms with E-state index in [1.54, 1.807) is 31.0 Å². The van der Waals surface area contributed by atoms with Gasteiger partial charge in [0.1, 0.15) is 11.9 Å². The van der Waals surface area contributed by atoms with Crippen molar-refractivity contribution in [3.8, 4) is 5.75 Å². The summed E-state index contributed by atoms with van der Waals surface area (Å²) in [5, 5.41) is 17.8.